The lowest BCUT2D eigenvalue weighted by atomic mass is 10.2. The van der Waals surface area contributed by atoms with Crippen LogP contribution in [0.1, 0.15) is 11.1 Å². The molecule has 0 atom stereocenters. The van der Waals surface area contributed by atoms with E-state index in [0.717, 1.165) is 21.3 Å². The molecular weight excluding hydrogens is 442 g/mol. The molecule has 0 radical (unpaired) electrons. The van der Waals surface area contributed by atoms with Gasteiger partial charge < -0.3 is 9.64 Å². The number of methoxy groups -OCH3 is 1. The lowest BCUT2D eigenvalue weighted by molar-refractivity contribution is -0.127. The van der Waals surface area contributed by atoms with Crippen molar-refractivity contribution in [1.29, 1.82) is 0 Å². The van der Waals surface area contributed by atoms with Gasteiger partial charge in [-0.25, -0.2) is 4.68 Å². The average molecular weight is 462 g/mol. The van der Waals surface area contributed by atoms with Crippen LogP contribution < -0.4 is 4.74 Å². The number of thioether (sulfide) groups is 1. The number of aromatic nitrogens is 4. The fraction of sp³-hybridized carbons (Fsp3) is 0.263. The monoisotopic (exact) mass is 461 g/mol. The number of nitrogens with zero attached hydrogens (tertiary/aromatic N) is 5. The lowest BCUT2D eigenvalue weighted by Crippen LogP contribution is -2.28. The van der Waals surface area contributed by atoms with Crippen molar-refractivity contribution in [1.82, 2.24) is 25.1 Å². The highest BCUT2D eigenvalue weighted by Gasteiger charge is 2.14. The average Bonchev–Trinajstić information content (AvgIpc) is 3.15. The van der Waals surface area contributed by atoms with Crippen molar-refractivity contribution in [3.8, 4) is 5.75 Å². The van der Waals surface area contributed by atoms with Gasteiger partial charge in [-0.15, -0.1) is 5.10 Å². The molecule has 146 valence electrons. The molecule has 0 saturated heterocycles. The highest BCUT2D eigenvalue weighted by molar-refractivity contribution is 9.10. The highest BCUT2D eigenvalue weighted by Crippen LogP contribution is 2.20. The molecule has 1 amide bonds. The SMILES string of the molecule is COc1ccc(Cn2nnnc2SCC(=O)N(C)Cc2ccccc2Br)cc1. The largest absolute Gasteiger partial charge is 0.497 e. The Morgan fingerprint density at radius 3 is 2.68 bits per heavy atom. The van der Waals surface area contributed by atoms with Crippen LogP contribution in [0, 0.1) is 0 Å². The topological polar surface area (TPSA) is 73.1 Å². The summed E-state index contributed by atoms with van der Waals surface area (Å²) in [5.41, 5.74) is 2.11. The summed E-state index contributed by atoms with van der Waals surface area (Å²) in [5, 5.41) is 12.4. The Morgan fingerprint density at radius 2 is 1.96 bits per heavy atom. The van der Waals surface area contributed by atoms with Crippen LogP contribution in [0.4, 0.5) is 0 Å². The summed E-state index contributed by atoms with van der Waals surface area (Å²) in [7, 11) is 3.43. The number of carbonyl (C=O) groups is 1. The third kappa shape index (κ3) is 5.32. The van der Waals surface area contributed by atoms with Crippen LogP contribution in [-0.4, -0.2) is 50.9 Å². The molecule has 0 aliphatic carbocycles. The van der Waals surface area contributed by atoms with Gasteiger partial charge in [-0.1, -0.05) is 58.0 Å². The van der Waals surface area contributed by atoms with E-state index in [4.69, 9.17) is 4.74 Å². The third-order valence-corrected chi connectivity index (χ3v) is 5.82. The molecular formula is C19H20BrN5O2S. The zero-order valence-corrected chi connectivity index (χ0v) is 18.0. The minimum Gasteiger partial charge on any atom is -0.497 e. The van der Waals surface area contributed by atoms with Gasteiger partial charge in [-0.05, 0) is 39.8 Å². The lowest BCUT2D eigenvalue weighted by Gasteiger charge is -2.17. The predicted octanol–water partition coefficient (Wildman–Crippen LogP) is 3.24. The summed E-state index contributed by atoms with van der Waals surface area (Å²) in [5.74, 6) is 1.08. The molecule has 9 heteroatoms. The van der Waals surface area contributed by atoms with Gasteiger partial charge in [-0.2, -0.15) is 0 Å². The Morgan fingerprint density at radius 1 is 1.21 bits per heavy atom. The molecule has 1 aromatic heterocycles. The molecule has 3 rings (SSSR count). The molecule has 0 unspecified atom stereocenters. The molecule has 0 spiro atoms. The van der Waals surface area contributed by atoms with Crippen LogP contribution in [-0.2, 0) is 17.9 Å². The van der Waals surface area contributed by atoms with Gasteiger partial charge >= 0.3 is 0 Å². The first-order chi connectivity index (χ1) is 13.6. The zero-order valence-electron chi connectivity index (χ0n) is 15.6. The highest BCUT2D eigenvalue weighted by atomic mass is 79.9. The van der Waals surface area contributed by atoms with E-state index in [1.165, 1.54) is 11.8 Å². The van der Waals surface area contributed by atoms with Crippen molar-refractivity contribution in [2.75, 3.05) is 19.9 Å². The molecule has 0 saturated carbocycles. The Hall–Kier alpha value is -2.39. The number of carbonyl (C=O) groups excluding carboxylic acids is 1. The molecule has 0 bridgehead atoms. The van der Waals surface area contributed by atoms with Gasteiger partial charge in [0.15, 0.2) is 0 Å². The maximum atomic E-state index is 12.5. The number of halogens is 1. The third-order valence-electron chi connectivity index (χ3n) is 4.11. The van der Waals surface area contributed by atoms with Crippen molar-refractivity contribution in [3.63, 3.8) is 0 Å². The first-order valence-electron chi connectivity index (χ1n) is 8.56. The van der Waals surface area contributed by atoms with Crippen LogP contribution in [0.3, 0.4) is 0 Å². The second kappa shape index (κ2) is 9.70. The Balaban J connectivity index is 1.56. The van der Waals surface area contributed by atoms with Crippen LogP contribution in [0.15, 0.2) is 58.2 Å². The van der Waals surface area contributed by atoms with Crippen LogP contribution in [0.25, 0.3) is 0 Å². The molecule has 0 fully saturated rings. The summed E-state index contributed by atoms with van der Waals surface area (Å²) >= 11 is 4.84. The number of amides is 1. The van der Waals surface area contributed by atoms with Crippen molar-refractivity contribution in [3.05, 3.63) is 64.1 Å². The van der Waals surface area contributed by atoms with Gasteiger partial charge in [0, 0.05) is 18.1 Å². The number of ether oxygens (including phenoxy) is 1. The summed E-state index contributed by atoms with van der Waals surface area (Å²) < 4.78 is 7.85. The van der Waals surface area contributed by atoms with Gasteiger partial charge in [0.25, 0.3) is 0 Å². The second-order valence-electron chi connectivity index (χ2n) is 6.10. The molecule has 28 heavy (non-hydrogen) atoms. The summed E-state index contributed by atoms with van der Waals surface area (Å²) in [6.07, 6.45) is 0. The fourth-order valence-corrected chi connectivity index (χ4v) is 3.74. The number of hydrogen-bond donors (Lipinski definition) is 0. The minimum absolute atomic E-state index is 0.0137. The summed E-state index contributed by atoms with van der Waals surface area (Å²) in [6.45, 7) is 1.07. The molecule has 0 aliphatic heterocycles. The van der Waals surface area contributed by atoms with E-state index in [1.807, 2.05) is 48.5 Å². The van der Waals surface area contributed by atoms with E-state index in [0.29, 0.717) is 18.2 Å². The predicted molar refractivity (Wildman–Crippen MR) is 111 cm³/mol. The molecule has 7 nitrogen and oxygen atoms in total. The van der Waals surface area contributed by atoms with E-state index in [-0.39, 0.29) is 11.7 Å². The maximum absolute atomic E-state index is 12.5. The standard InChI is InChI=1S/C19H20BrN5O2S/c1-24(12-15-5-3-4-6-17(15)20)18(26)13-28-19-21-22-23-25(19)11-14-7-9-16(27-2)10-8-14/h3-10H,11-13H2,1-2H3. The van der Waals surface area contributed by atoms with Gasteiger partial charge in [0.05, 0.1) is 19.4 Å². The number of hydrogen-bond acceptors (Lipinski definition) is 6. The zero-order chi connectivity index (χ0) is 19.9. The molecule has 1 heterocycles. The number of benzene rings is 2. The van der Waals surface area contributed by atoms with Gasteiger partial charge in [0.2, 0.25) is 11.1 Å². The first-order valence-corrected chi connectivity index (χ1v) is 10.3. The van der Waals surface area contributed by atoms with Crippen LogP contribution >= 0.6 is 27.7 Å². The molecule has 2 aromatic carbocycles. The maximum Gasteiger partial charge on any atom is 0.233 e. The second-order valence-corrected chi connectivity index (χ2v) is 7.89. The number of tetrazole rings is 1. The van der Waals surface area contributed by atoms with Gasteiger partial charge in [0.1, 0.15) is 5.75 Å². The quantitative estimate of drug-likeness (QED) is 0.479. The van der Waals surface area contributed by atoms with Crippen molar-refractivity contribution < 1.29 is 9.53 Å². The van der Waals surface area contributed by atoms with E-state index in [2.05, 4.69) is 31.5 Å². The van der Waals surface area contributed by atoms with Crippen molar-refractivity contribution >= 4 is 33.6 Å². The summed E-state index contributed by atoms with van der Waals surface area (Å²) in [6, 6.07) is 15.6. The number of rotatable bonds is 8. The Kier molecular flexibility index (Phi) is 7.05. The van der Waals surface area contributed by atoms with E-state index in [9.17, 15) is 4.79 Å². The first kappa shape index (κ1) is 20.3. The van der Waals surface area contributed by atoms with Gasteiger partial charge in [-0.3, -0.25) is 4.79 Å². The molecule has 0 N–H and O–H groups in total. The van der Waals surface area contributed by atoms with Crippen molar-refractivity contribution in [2.45, 2.75) is 18.2 Å². The van der Waals surface area contributed by atoms with E-state index in [1.54, 1.807) is 23.7 Å². The summed E-state index contributed by atoms with van der Waals surface area (Å²) in [4.78, 5) is 14.2. The van der Waals surface area contributed by atoms with E-state index >= 15 is 0 Å². The minimum atomic E-state index is 0.0137. The van der Waals surface area contributed by atoms with Crippen LogP contribution in [0.2, 0.25) is 0 Å². The Bertz CT molecular complexity index is 932. The molecule has 0 aliphatic rings. The smallest absolute Gasteiger partial charge is 0.233 e. The normalized spacial score (nSPS) is 10.7. The fourth-order valence-electron chi connectivity index (χ4n) is 2.51. The Labute approximate surface area is 176 Å². The van der Waals surface area contributed by atoms with E-state index < -0.39 is 0 Å². The molecule has 3 aromatic rings. The van der Waals surface area contributed by atoms with Crippen molar-refractivity contribution in [2.24, 2.45) is 0 Å². The van der Waals surface area contributed by atoms with Crippen LogP contribution in [0.5, 0.6) is 5.75 Å².